The molecule has 0 amide bonds. The standard InChI is InChI=1S/C18H30N2O4S/c1-14(2)12-19-8-9-20(13-16(19)7-10-21)25(22,23)17-5-6-18(24-4)15(3)11-17/h5-6,11,14,16,21H,7-10,12-13H2,1-4H3. The second-order valence-corrected chi connectivity index (χ2v) is 8.99. The van der Waals surface area contributed by atoms with Gasteiger partial charge in [-0.25, -0.2) is 8.42 Å². The molecule has 1 heterocycles. The van der Waals surface area contributed by atoms with Crippen molar-refractivity contribution in [3.8, 4) is 5.75 Å². The van der Waals surface area contributed by atoms with Crippen LogP contribution >= 0.6 is 0 Å². The van der Waals surface area contributed by atoms with Gasteiger partial charge in [0.25, 0.3) is 0 Å². The molecule has 0 aliphatic carbocycles. The van der Waals surface area contributed by atoms with Gasteiger partial charge >= 0.3 is 0 Å². The number of benzene rings is 1. The van der Waals surface area contributed by atoms with E-state index < -0.39 is 10.0 Å². The predicted octanol–water partition coefficient (Wildman–Crippen LogP) is 1.72. The zero-order valence-electron chi connectivity index (χ0n) is 15.6. The van der Waals surface area contributed by atoms with E-state index in [0.29, 0.717) is 42.6 Å². The second-order valence-electron chi connectivity index (χ2n) is 7.05. The van der Waals surface area contributed by atoms with Crippen molar-refractivity contribution in [2.75, 3.05) is 39.9 Å². The topological polar surface area (TPSA) is 70.1 Å². The first-order valence-electron chi connectivity index (χ1n) is 8.79. The summed E-state index contributed by atoms with van der Waals surface area (Å²) in [4.78, 5) is 2.59. The predicted molar refractivity (Wildman–Crippen MR) is 98.4 cm³/mol. The molecule has 25 heavy (non-hydrogen) atoms. The van der Waals surface area contributed by atoms with Crippen molar-refractivity contribution in [3.63, 3.8) is 0 Å². The third kappa shape index (κ3) is 4.73. The Bertz CT molecular complexity index is 676. The number of nitrogens with zero attached hydrogens (tertiary/aromatic N) is 2. The van der Waals surface area contributed by atoms with Crippen molar-refractivity contribution in [1.29, 1.82) is 0 Å². The van der Waals surface area contributed by atoms with Gasteiger partial charge in [0, 0.05) is 38.8 Å². The Hall–Kier alpha value is -1.15. The third-order valence-corrected chi connectivity index (χ3v) is 6.49. The molecule has 1 saturated heterocycles. The van der Waals surface area contributed by atoms with Gasteiger partial charge in [0.1, 0.15) is 5.75 Å². The molecular formula is C18H30N2O4S. The van der Waals surface area contributed by atoms with Crippen molar-refractivity contribution < 1.29 is 18.3 Å². The zero-order valence-corrected chi connectivity index (χ0v) is 16.4. The summed E-state index contributed by atoms with van der Waals surface area (Å²) in [5.41, 5.74) is 0.800. The molecule has 0 spiro atoms. The number of aryl methyl sites for hydroxylation is 1. The molecule has 1 fully saturated rings. The molecule has 1 aliphatic heterocycles. The highest BCUT2D eigenvalue weighted by Gasteiger charge is 2.34. The van der Waals surface area contributed by atoms with Gasteiger partial charge in [0.15, 0.2) is 0 Å². The molecule has 1 N–H and O–H groups in total. The van der Waals surface area contributed by atoms with Crippen LogP contribution in [0.4, 0.5) is 0 Å². The monoisotopic (exact) mass is 370 g/mol. The first-order valence-corrected chi connectivity index (χ1v) is 10.2. The van der Waals surface area contributed by atoms with E-state index in [1.54, 1.807) is 29.6 Å². The van der Waals surface area contributed by atoms with Crippen LogP contribution in [0.15, 0.2) is 23.1 Å². The smallest absolute Gasteiger partial charge is 0.243 e. The molecule has 1 aromatic carbocycles. The van der Waals surface area contributed by atoms with Crippen molar-refractivity contribution in [1.82, 2.24) is 9.21 Å². The summed E-state index contributed by atoms with van der Waals surface area (Å²) in [5.74, 6) is 1.19. The Labute approximate surface area is 151 Å². The Kier molecular flexibility index (Phi) is 6.85. The van der Waals surface area contributed by atoms with Gasteiger partial charge in [-0.05, 0) is 43.0 Å². The molecule has 1 aliphatic rings. The Morgan fingerprint density at radius 1 is 1.32 bits per heavy atom. The maximum Gasteiger partial charge on any atom is 0.243 e. The van der Waals surface area contributed by atoms with Gasteiger partial charge < -0.3 is 9.84 Å². The molecule has 2 rings (SSSR count). The first-order chi connectivity index (χ1) is 11.8. The number of hydrogen-bond acceptors (Lipinski definition) is 5. The highest BCUT2D eigenvalue weighted by Crippen LogP contribution is 2.26. The number of piperazine rings is 1. The van der Waals surface area contributed by atoms with Crippen LogP contribution in [0.5, 0.6) is 5.75 Å². The fraction of sp³-hybridized carbons (Fsp3) is 0.667. The molecule has 142 valence electrons. The van der Waals surface area contributed by atoms with Gasteiger partial charge in [-0.2, -0.15) is 4.31 Å². The average molecular weight is 371 g/mol. The van der Waals surface area contributed by atoms with Crippen LogP contribution in [0.25, 0.3) is 0 Å². The lowest BCUT2D eigenvalue weighted by Crippen LogP contribution is -2.55. The molecule has 0 bridgehead atoms. The number of methoxy groups -OCH3 is 1. The van der Waals surface area contributed by atoms with Crippen molar-refractivity contribution in [2.24, 2.45) is 5.92 Å². The van der Waals surface area contributed by atoms with Crippen molar-refractivity contribution in [3.05, 3.63) is 23.8 Å². The minimum atomic E-state index is -3.54. The molecule has 1 unspecified atom stereocenters. The lowest BCUT2D eigenvalue weighted by atomic mass is 10.1. The highest BCUT2D eigenvalue weighted by atomic mass is 32.2. The van der Waals surface area contributed by atoms with E-state index in [2.05, 4.69) is 18.7 Å². The number of hydrogen-bond donors (Lipinski definition) is 1. The fourth-order valence-corrected chi connectivity index (χ4v) is 4.93. The number of aliphatic hydroxyl groups excluding tert-OH is 1. The summed E-state index contributed by atoms with van der Waals surface area (Å²) >= 11 is 0. The van der Waals surface area contributed by atoms with E-state index >= 15 is 0 Å². The molecule has 6 nitrogen and oxygen atoms in total. The van der Waals surface area contributed by atoms with E-state index in [1.165, 1.54) is 0 Å². The lowest BCUT2D eigenvalue weighted by molar-refractivity contribution is 0.0853. The average Bonchev–Trinajstić information content (AvgIpc) is 2.56. The molecule has 7 heteroatoms. The normalized spacial score (nSPS) is 20.2. The summed E-state index contributed by atoms with van der Waals surface area (Å²) in [6.45, 7) is 8.71. The van der Waals surface area contributed by atoms with E-state index in [9.17, 15) is 13.5 Å². The number of sulfonamides is 1. The first kappa shape index (κ1) is 20.2. The summed E-state index contributed by atoms with van der Waals surface area (Å²) in [6, 6.07) is 5.01. The molecule has 1 atom stereocenters. The minimum absolute atomic E-state index is 0.0512. The zero-order chi connectivity index (χ0) is 18.6. The quantitative estimate of drug-likeness (QED) is 0.791. The van der Waals surface area contributed by atoms with Crippen LogP contribution < -0.4 is 4.74 Å². The van der Waals surface area contributed by atoms with Crippen LogP contribution in [0.2, 0.25) is 0 Å². The summed E-state index contributed by atoms with van der Waals surface area (Å²) in [7, 11) is -1.97. The molecule has 0 radical (unpaired) electrons. The van der Waals surface area contributed by atoms with Crippen LogP contribution in [0.3, 0.4) is 0 Å². The van der Waals surface area contributed by atoms with E-state index in [4.69, 9.17) is 4.74 Å². The molecule has 0 saturated carbocycles. The van der Waals surface area contributed by atoms with Crippen molar-refractivity contribution in [2.45, 2.75) is 38.1 Å². The summed E-state index contributed by atoms with van der Waals surface area (Å²) in [6.07, 6.45) is 0.584. The fourth-order valence-electron chi connectivity index (χ4n) is 3.38. The Morgan fingerprint density at radius 2 is 2.04 bits per heavy atom. The molecule has 0 aromatic heterocycles. The Balaban J connectivity index is 2.21. The van der Waals surface area contributed by atoms with Crippen LogP contribution in [0.1, 0.15) is 25.8 Å². The summed E-state index contributed by atoms with van der Waals surface area (Å²) in [5, 5.41) is 9.36. The van der Waals surface area contributed by atoms with Gasteiger partial charge in [0.05, 0.1) is 12.0 Å². The number of ether oxygens (including phenoxy) is 1. The van der Waals surface area contributed by atoms with Gasteiger partial charge in [-0.15, -0.1) is 0 Å². The largest absolute Gasteiger partial charge is 0.496 e. The van der Waals surface area contributed by atoms with Gasteiger partial charge in [-0.1, -0.05) is 13.8 Å². The maximum absolute atomic E-state index is 13.0. The third-order valence-electron chi connectivity index (χ3n) is 4.63. The minimum Gasteiger partial charge on any atom is -0.496 e. The maximum atomic E-state index is 13.0. The van der Waals surface area contributed by atoms with Crippen LogP contribution in [-0.2, 0) is 10.0 Å². The van der Waals surface area contributed by atoms with E-state index in [-0.39, 0.29) is 12.6 Å². The molecule has 1 aromatic rings. The van der Waals surface area contributed by atoms with Crippen LogP contribution in [-0.4, -0.2) is 68.7 Å². The molecular weight excluding hydrogens is 340 g/mol. The van der Waals surface area contributed by atoms with Crippen molar-refractivity contribution >= 4 is 10.0 Å². The second kappa shape index (κ2) is 8.49. The number of aliphatic hydroxyl groups is 1. The van der Waals surface area contributed by atoms with Gasteiger partial charge in [0.2, 0.25) is 10.0 Å². The summed E-state index contributed by atoms with van der Waals surface area (Å²) < 4.78 is 32.8. The van der Waals surface area contributed by atoms with E-state index in [0.717, 1.165) is 12.1 Å². The lowest BCUT2D eigenvalue weighted by Gasteiger charge is -2.41. The SMILES string of the molecule is COc1ccc(S(=O)(=O)N2CCN(CC(C)C)C(CCO)C2)cc1C. The highest BCUT2D eigenvalue weighted by molar-refractivity contribution is 7.89. The Morgan fingerprint density at radius 3 is 2.60 bits per heavy atom. The van der Waals surface area contributed by atoms with Gasteiger partial charge in [-0.3, -0.25) is 4.90 Å². The van der Waals surface area contributed by atoms with E-state index in [1.807, 2.05) is 6.92 Å². The number of rotatable bonds is 7. The van der Waals surface area contributed by atoms with Crippen LogP contribution in [0, 0.1) is 12.8 Å².